The molecule has 1 saturated carbocycles. The van der Waals surface area contributed by atoms with Gasteiger partial charge in [0.25, 0.3) is 11.5 Å². The molecule has 1 aliphatic rings. The number of benzene rings is 1. The number of nitrogens with zero attached hydrogens (tertiary/aromatic N) is 3. The molecule has 140 valence electrons. The number of anilines is 1. The molecule has 6 nitrogen and oxygen atoms in total. The lowest BCUT2D eigenvalue weighted by atomic mass is 9.89. The van der Waals surface area contributed by atoms with E-state index in [1.807, 2.05) is 28.9 Å². The second-order valence-electron chi connectivity index (χ2n) is 7.37. The SMILES string of the molecule is Cn1ccc(NC(=O)c2c3ccccc3nn2CC2CCCCC2)cc1=O. The molecular weight excluding hydrogens is 340 g/mol. The Hall–Kier alpha value is -2.89. The predicted molar refractivity (Wildman–Crippen MR) is 106 cm³/mol. The van der Waals surface area contributed by atoms with E-state index in [-0.39, 0.29) is 11.5 Å². The van der Waals surface area contributed by atoms with Crippen LogP contribution < -0.4 is 10.9 Å². The molecule has 0 spiro atoms. The minimum absolute atomic E-state index is 0.159. The van der Waals surface area contributed by atoms with Gasteiger partial charge in [0.05, 0.1) is 5.52 Å². The lowest BCUT2D eigenvalue weighted by Crippen LogP contribution is -2.23. The van der Waals surface area contributed by atoms with E-state index in [1.165, 1.54) is 42.7 Å². The van der Waals surface area contributed by atoms with Crippen LogP contribution in [0.1, 0.15) is 42.6 Å². The molecule has 1 amide bonds. The number of nitrogens with one attached hydrogen (secondary N) is 1. The van der Waals surface area contributed by atoms with E-state index < -0.39 is 0 Å². The molecule has 3 aromatic rings. The Morgan fingerprint density at radius 1 is 1.19 bits per heavy atom. The third-order valence-electron chi connectivity index (χ3n) is 5.38. The van der Waals surface area contributed by atoms with E-state index in [4.69, 9.17) is 5.10 Å². The summed E-state index contributed by atoms with van der Waals surface area (Å²) in [5.74, 6) is 0.330. The normalized spacial score (nSPS) is 15.1. The Balaban J connectivity index is 1.67. The van der Waals surface area contributed by atoms with Crippen molar-refractivity contribution in [3.63, 3.8) is 0 Å². The molecule has 2 aromatic heterocycles. The molecule has 1 fully saturated rings. The molecule has 1 aromatic carbocycles. The van der Waals surface area contributed by atoms with Crippen LogP contribution in [0.15, 0.2) is 47.4 Å². The molecule has 2 heterocycles. The van der Waals surface area contributed by atoms with E-state index in [1.54, 1.807) is 19.3 Å². The van der Waals surface area contributed by atoms with Crippen LogP contribution in [0.4, 0.5) is 5.69 Å². The maximum absolute atomic E-state index is 13.1. The molecular formula is C21H24N4O2. The van der Waals surface area contributed by atoms with Crippen LogP contribution in [0, 0.1) is 5.92 Å². The molecule has 0 unspecified atom stereocenters. The highest BCUT2D eigenvalue weighted by atomic mass is 16.2. The number of rotatable bonds is 4. The first-order valence-electron chi connectivity index (χ1n) is 9.55. The highest BCUT2D eigenvalue weighted by molar-refractivity contribution is 6.11. The zero-order valence-electron chi connectivity index (χ0n) is 15.5. The van der Waals surface area contributed by atoms with Crippen LogP contribution >= 0.6 is 0 Å². The number of carbonyl (C=O) groups excluding carboxylic acids is 1. The summed E-state index contributed by atoms with van der Waals surface area (Å²) in [4.78, 5) is 24.9. The zero-order valence-corrected chi connectivity index (χ0v) is 15.5. The average molecular weight is 364 g/mol. The first-order chi connectivity index (χ1) is 13.1. The number of pyridine rings is 1. The van der Waals surface area contributed by atoms with E-state index >= 15 is 0 Å². The van der Waals surface area contributed by atoms with Gasteiger partial charge in [-0.1, -0.05) is 37.5 Å². The van der Waals surface area contributed by atoms with Crippen LogP contribution in [0.25, 0.3) is 10.9 Å². The van der Waals surface area contributed by atoms with Crippen molar-refractivity contribution < 1.29 is 4.79 Å². The standard InChI is InChI=1S/C21H24N4O2/c1-24-12-11-16(13-19(24)26)22-21(27)20-17-9-5-6-10-18(17)23-25(20)14-15-7-3-2-4-8-15/h5-6,9-13,15H,2-4,7-8,14H2,1H3,(H,22,27). The Labute approximate surface area is 157 Å². The quantitative estimate of drug-likeness (QED) is 0.769. The van der Waals surface area contributed by atoms with Crippen LogP contribution in [-0.2, 0) is 13.6 Å². The van der Waals surface area contributed by atoms with Crippen molar-refractivity contribution >= 4 is 22.5 Å². The predicted octanol–water partition coefficient (Wildman–Crippen LogP) is 3.57. The second kappa shape index (κ2) is 7.39. The summed E-state index contributed by atoms with van der Waals surface area (Å²) >= 11 is 0. The van der Waals surface area contributed by atoms with Crippen LogP contribution in [-0.4, -0.2) is 20.3 Å². The fourth-order valence-electron chi connectivity index (χ4n) is 3.88. The summed E-state index contributed by atoms with van der Waals surface area (Å²) in [6.45, 7) is 0.758. The molecule has 4 rings (SSSR count). The summed E-state index contributed by atoms with van der Waals surface area (Å²) in [6, 6.07) is 10.9. The summed E-state index contributed by atoms with van der Waals surface area (Å²) in [7, 11) is 1.68. The molecule has 27 heavy (non-hydrogen) atoms. The van der Waals surface area contributed by atoms with E-state index in [0.717, 1.165) is 17.4 Å². The Bertz CT molecular complexity index is 1030. The van der Waals surface area contributed by atoms with E-state index in [9.17, 15) is 9.59 Å². The maximum Gasteiger partial charge on any atom is 0.274 e. The second-order valence-corrected chi connectivity index (χ2v) is 7.37. The van der Waals surface area contributed by atoms with E-state index in [0.29, 0.717) is 17.3 Å². The smallest absolute Gasteiger partial charge is 0.274 e. The first kappa shape index (κ1) is 17.5. The van der Waals surface area contributed by atoms with Crippen molar-refractivity contribution in [3.05, 3.63) is 58.6 Å². The Morgan fingerprint density at radius 3 is 2.74 bits per heavy atom. The molecule has 0 aliphatic heterocycles. The molecule has 1 N–H and O–H groups in total. The lowest BCUT2D eigenvalue weighted by molar-refractivity contribution is 0.101. The van der Waals surface area contributed by atoms with Gasteiger partial charge in [-0.2, -0.15) is 5.10 Å². The first-order valence-corrected chi connectivity index (χ1v) is 9.55. The highest BCUT2D eigenvalue weighted by Crippen LogP contribution is 2.27. The largest absolute Gasteiger partial charge is 0.320 e. The van der Waals surface area contributed by atoms with Crippen molar-refractivity contribution in [3.8, 4) is 0 Å². The summed E-state index contributed by atoms with van der Waals surface area (Å²) in [5, 5.41) is 8.40. The third-order valence-corrected chi connectivity index (χ3v) is 5.38. The lowest BCUT2D eigenvalue weighted by Gasteiger charge is -2.22. The van der Waals surface area contributed by atoms with Crippen LogP contribution in [0.2, 0.25) is 0 Å². The van der Waals surface area contributed by atoms with Gasteiger partial charge >= 0.3 is 0 Å². The van der Waals surface area contributed by atoms with Gasteiger partial charge in [-0.15, -0.1) is 0 Å². The van der Waals surface area contributed by atoms with Gasteiger partial charge < -0.3 is 9.88 Å². The number of aryl methyl sites for hydroxylation is 1. The van der Waals surface area contributed by atoms with E-state index in [2.05, 4.69) is 5.32 Å². The van der Waals surface area contributed by atoms with Crippen molar-refractivity contribution in [2.45, 2.75) is 38.6 Å². The average Bonchev–Trinajstić information content (AvgIpc) is 3.03. The Morgan fingerprint density at radius 2 is 1.96 bits per heavy atom. The zero-order chi connectivity index (χ0) is 18.8. The van der Waals surface area contributed by atoms with Crippen molar-refractivity contribution in [1.29, 1.82) is 0 Å². The molecule has 0 atom stereocenters. The maximum atomic E-state index is 13.1. The summed E-state index contributed by atoms with van der Waals surface area (Å²) in [5.41, 5.74) is 1.73. The summed E-state index contributed by atoms with van der Waals surface area (Å²) in [6.07, 6.45) is 7.82. The highest BCUT2D eigenvalue weighted by Gasteiger charge is 2.22. The topological polar surface area (TPSA) is 68.9 Å². The molecule has 6 heteroatoms. The van der Waals surface area contributed by atoms with Gasteiger partial charge in [0.15, 0.2) is 0 Å². The fraction of sp³-hybridized carbons (Fsp3) is 0.381. The van der Waals surface area contributed by atoms with Gasteiger partial charge in [0.2, 0.25) is 0 Å². The number of fused-ring (bicyclic) bond motifs is 1. The monoisotopic (exact) mass is 364 g/mol. The van der Waals surface area contributed by atoms with Gasteiger partial charge in [-0.3, -0.25) is 14.3 Å². The third kappa shape index (κ3) is 3.65. The molecule has 0 bridgehead atoms. The molecule has 0 radical (unpaired) electrons. The van der Waals surface area contributed by atoms with Crippen molar-refractivity contribution in [1.82, 2.24) is 14.3 Å². The number of amides is 1. The van der Waals surface area contributed by atoms with Crippen molar-refractivity contribution in [2.75, 3.05) is 5.32 Å². The minimum atomic E-state index is -0.229. The number of aromatic nitrogens is 3. The van der Waals surface area contributed by atoms with Crippen LogP contribution in [0.3, 0.4) is 0 Å². The van der Waals surface area contributed by atoms with Gasteiger partial charge in [-0.25, -0.2) is 0 Å². The van der Waals surface area contributed by atoms with Gasteiger partial charge in [0, 0.05) is 36.9 Å². The van der Waals surface area contributed by atoms with Gasteiger partial charge in [-0.05, 0) is 30.9 Å². The fourth-order valence-corrected chi connectivity index (χ4v) is 3.88. The summed E-state index contributed by atoms with van der Waals surface area (Å²) < 4.78 is 3.33. The number of hydrogen-bond donors (Lipinski definition) is 1. The van der Waals surface area contributed by atoms with Crippen LogP contribution in [0.5, 0.6) is 0 Å². The number of hydrogen-bond acceptors (Lipinski definition) is 3. The minimum Gasteiger partial charge on any atom is -0.320 e. The Kier molecular flexibility index (Phi) is 4.79. The molecule has 1 aliphatic carbocycles. The van der Waals surface area contributed by atoms with Crippen molar-refractivity contribution in [2.24, 2.45) is 13.0 Å². The number of carbonyl (C=O) groups is 1. The molecule has 0 saturated heterocycles. The van der Waals surface area contributed by atoms with Gasteiger partial charge in [0.1, 0.15) is 5.69 Å².